The van der Waals surface area contributed by atoms with Gasteiger partial charge in [0, 0.05) is 12.4 Å². The predicted octanol–water partition coefficient (Wildman–Crippen LogP) is 3.74. The van der Waals surface area contributed by atoms with Crippen LogP contribution in [0.25, 0.3) is 0 Å². The van der Waals surface area contributed by atoms with Crippen molar-refractivity contribution in [3.05, 3.63) is 59.4 Å². The Morgan fingerprint density at radius 1 is 0.900 bits per heavy atom. The third-order valence-corrected chi connectivity index (χ3v) is 3.76. The number of rotatable bonds is 4. The lowest BCUT2D eigenvalue weighted by Gasteiger charge is -2.25. The first-order chi connectivity index (χ1) is 13.7. The van der Waals surface area contributed by atoms with Crippen LogP contribution in [0.15, 0.2) is 42.7 Å². The molecule has 1 heterocycles. The zero-order chi connectivity index (χ0) is 22.7. The van der Waals surface area contributed by atoms with E-state index >= 15 is 0 Å². The number of benzene rings is 1. The smallest absolute Gasteiger partial charge is 0.417 e. The van der Waals surface area contributed by atoms with Gasteiger partial charge in [-0.2, -0.15) is 26.3 Å². The molecule has 0 atom stereocenters. The monoisotopic (exact) mass is 435 g/mol. The summed E-state index contributed by atoms with van der Waals surface area (Å²) in [6.45, 7) is 2.49. The summed E-state index contributed by atoms with van der Waals surface area (Å²) in [6, 6.07) is 4.12. The zero-order valence-corrected chi connectivity index (χ0v) is 15.5. The Labute approximate surface area is 166 Å². The van der Waals surface area contributed by atoms with Crippen LogP contribution in [0.1, 0.15) is 35.3 Å². The Morgan fingerprint density at radius 2 is 1.50 bits per heavy atom. The van der Waals surface area contributed by atoms with E-state index in [0.29, 0.717) is 12.3 Å². The Morgan fingerprint density at radius 3 is 2.03 bits per heavy atom. The largest absolute Gasteiger partial charge is 0.478 e. The summed E-state index contributed by atoms with van der Waals surface area (Å²) in [5.41, 5.74) is -0.918. The average molecular weight is 435 g/mol. The van der Waals surface area contributed by atoms with Gasteiger partial charge in [0.05, 0.1) is 16.7 Å². The Bertz CT molecular complexity index is 924. The van der Waals surface area contributed by atoms with Gasteiger partial charge in [-0.25, -0.2) is 0 Å². The van der Waals surface area contributed by atoms with Crippen LogP contribution in [-0.4, -0.2) is 22.4 Å². The number of hydrogen-bond acceptors (Lipinski definition) is 4. The van der Waals surface area contributed by atoms with E-state index in [2.05, 4.69) is 4.98 Å². The van der Waals surface area contributed by atoms with Crippen molar-refractivity contribution in [3.8, 4) is 5.75 Å². The number of carbonyl (C=O) groups excluding carboxylic acids is 2. The highest BCUT2D eigenvalue weighted by Gasteiger charge is 2.36. The van der Waals surface area contributed by atoms with Crippen molar-refractivity contribution in [3.63, 3.8) is 0 Å². The van der Waals surface area contributed by atoms with Crippen LogP contribution in [0.2, 0.25) is 0 Å². The minimum absolute atomic E-state index is 0.0684. The maximum absolute atomic E-state index is 13.0. The highest BCUT2D eigenvalue weighted by molar-refractivity contribution is 5.97. The summed E-state index contributed by atoms with van der Waals surface area (Å²) < 4.78 is 81.9. The molecule has 12 heteroatoms. The number of hydrogen-bond donors (Lipinski definition) is 2. The van der Waals surface area contributed by atoms with E-state index in [1.165, 1.54) is 13.8 Å². The molecule has 2 amide bonds. The number of pyridine rings is 1. The summed E-state index contributed by atoms with van der Waals surface area (Å²) in [6.07, 6.45) is -7.81. The Hall–Kier alpha value is -3.31. The number of aromatic nitrogens is 1. The van der Waals surface area contributed by atoms with Gasteiger partial charge in [-0.05, 0) is 44.2 Å². The van der Waals surface area contributed by atoms with Crippen molar-refractivity contribution >= 4 is 11.8 Å². The molecule has 162 valence electrons. The van der Waals surface area contributed by atoms with Gasteiger partial charge in [-0.15, -0.1) is 0 Å². The SMILES string of the molecule is CC(C)(Oc1ccc(C(F)(F)F)cc1)C(=O)NNC(=O)c1cnccc1C(F)(F)F. The van der Waals surface area contributed by atoms with Crippen LogP contribution in [0, 0.1) is 0 Å². The molecule has 0 spiro atoms. The van der Waals surface area contributed by atoms with E-state index in [0.717, 1.165) is 30.5 Å². The molecule has 1 aromatic heterocycles. The second-order valence-electron chi connectivity index (χ2n) is 6.46. The third kappa shape index (κ3) is 5.61. The van der Waals surface area contributed by atoms with Crippen LogP contribution < -0.4 is 15.6 Å². The third-order valence-electron chi connectivity index (χ3n) is 3.76. The molecule has 0 fully saturated rings. The number of alkyl halides is 6. The lowest BCUT2D eigenvalue weighted by Crippen LogP contribution is -2.53. The fraction of sp³-hybridized carbons (Fsp3) is 0.278. The molecular formula is C18H15F6N3O3. The quantitative estimate of drug-likeness (QED) is 0.567. The second-order valence-corrected chi connectivity index (χ2v) is 6.46. The molecule has 2 aromatic rings. The molecular weight excluding hydrogens is 420 g/mol. The van der Waals surface area contributed by atoms with Crippen molar-refractivity contribution < 1.29 is 40.7 Å². The summed E-state index contributed by atoms with van der Waals surface area (Å²) in [5.74, 6) is -2.30. The normalized spacial score (nSPS) is 12.3. The number of halogens is 6. The van der Waals surface area contributed by atoms with E-state index in [-0.39, 0.29) is 5.75 Å². The molecule has 0 aliphatic rings. The van der Waals surface area contributed by atoms with Gasteiger partial charge in [-0.3, -0.25) is 25.4 Å². The number of hydrazine groups is 1. The molecule has 0 saturated heterocycles. The van der Waals surface area contributed by atoms with Gasteiger partial charge in [0.2, 0.25) is 0 Å². The van der Waals surface area contributed by atoms with E-state index < -0.39 is 46.5 Å². The molecule has 2 rings (SSSR count). The molecule has 0 aliphatic carbocycles. The number of ether oxygens (including phenoxy) is 1. The first-order valence-corrected chi connectivity index (χ1v) is 8.20. The van der Waals surface area contributed by atoms with Gasteiger partial charge in [0.25, 0.3) is 11.8 Å². The molecule has 0 saturated carbocycles. The van der Waals surface area contributed by atoms with Crippen molar-refractivity contribution in [2.75, 3.05) is 0 Å². The predicted molar refractivity (Wildman–Crippen MR) is 91.0 cm³/mol. The Kier molecular flexibility index (Phi) is 6.28. The highest BCUT2D eigenvalue weighted by Crippen LogP contribution is 2.32. The topological polar surface area (TPSA) is 80.3 Å². The fourth-order valence-corrected chi connectivity index (χ4v) is 2.21. The van der Waals surface area contributed by atoms with E-state index in [4.69, 9.17) is 4.74 Å². The molecule has 0 bridgehead atoms. The molecule has 2 N–H and O–H groups in total. The minimum atomic E-state index is -4.81. The Balaban J connectivity index is 2.04. The standard InChI is InChI=1S/C18H15F6N3O3/c1-16(2,30-11-5-3-10(4-6-11)17(19,20)21)15(29)27-26-14(28)12-9-25-8-7-13(12)18(22,23)24/h3-9H,1-2H3,(H,26,28)(H,27,29). The van der Waals surface area contributed by atoms with Gasteiger partial charge >= 0.3 is 12.4 Å². The maximum Gasteiger partial charge on any atom is 0.417 e. The first kappa shape index (κ1) is 23.0. The van der Waals surface area contributed by atoms with Crippen molar-refractivity contribution in [2.24, 2.45) is 0 Å². The van der Waals surface area contributed by atoms with Crippen LogP contribution in [-0.2, 0) is 17.1 Å². The molecule has 0 radical (unpaired) electrons. The average Bonchev–Trinajstić information content (AvgIpc) is 2.64. The number of amides is 2. The number of nitrogens with one attached hydrogen (secondary N) is 2. The summed E-state index contributed by atoms with van der Waals surface area (Å²) in [4.78, 5) is 27.7. The van der Waals surface area contributed by atoms with Crippen LogP contribution >= 0.6 is 0 Å². The van der Waals surface area contributed by atoms with Crippen molar-refractivity contribution in [1.29, 1.82) is 0 Å². The van der Waals surface area contributed by atoms with Crippen LogP contribution in [0.3, 0.4) is 0 Å². The molecule has 6 nitrogen and oxygen atoms in total. The maximum atomic E-state index is 13.0. The van der Waals surface area contributed by atoms with Gasteiger partial charge in [0.15, 0.2) is 5.60 Å². The van der Waals surface area contributed by atoms with Gasteiger partial charge < -0.3 is 4.74 Å². The summed E-state index contributed by atoms with van der Waals surface area (Å²) >= 11 is 0. The summed E-state index contributed by atoms with van der Waals surface area (Å²) in [7, 11) is 0. The molecule has 30 heavy (non-hydrogen) atoms. The van der Waals surface area contributed by atoms with Crippen molar-refractivity contribution in [2.45, 2.75) is 31.8 Å². The van der Waals surface area contributed by atoms with E-state index in [1.807, 2.05) is 10.9 Å². The van der Waals surface area contributed by atoms with Gasteiger partial charge in [-0.1, -0.05) is 0 Å². The first-order valence-electron chi connectivity index (χ1n) is 8.20. The van der Waals surface area contributed by atoms with Crippen molar-refractivity contribution in [1.82, 2.24) is 15.8 Å². The van der Waals surface area contributed by atoms with E-state index in [9.17, 15) is 35.9 Å². The fourth-order valence-electron chi connectivity index (χ4n) is 2.21. The minimum Gasteiger partial charge on any atom is -0.478 e. The van der Waals surface area contributed by atoms with Gasteiger partial charge in [0.1, 0.15) is 5.75 Å². The number of nitrogens with zero attached hydrogens (tertiary/aromatic N) is 1. The van der Waals surface area contributed by atoms with E-state index in [1.54, 1.807) is 0 Å². The number of carbonyl (C=O) groups is 2. The summed E-state index contributed by atoms with van der Waals surface area (Å²) in [5, 5.41) is 0. The van der Waals surface area contributed by atoms with Crippen LogP contribution in [0.5, 0.6) is 5.75 Å². The lowest BCUT2D eigenvalue weighted by molar-refractivity contribution is -0.138. The lowest BCUT2D eigenvalue weighted by atomic mass is 10.1. The van der Waals surface area contributed by atoms with Crippen LogP contribution in [0.4, 0.5) is 26.3 Å². The highest BCUT2D eigenvalue weighted by atomic mass is 19.4. The second kappa shape index (κ2) is 8.20. The zero-order valence-electron chi connectivity index (χ0n) is 15.5. The molecule has 0 aliphatic heterocycles. The molecule has 1 aromatic carbocycles. The molecule has 0 unspecified atom stereocenters.